The van der Waals surface area contributed by atoms with Gasteiger partial charge in [0.15, 0.2) is 10.7 Å². The van der Waals surface area contributed by atoms with Crippen LogP contribution < -0.4 is 4.72 Å². The van der Waals surface area contributed by atoms with Crippen LogP contribution in [0.5, 0.6) is 0 Å². The van der Waals surface area contributed by atoms with Crippen LogP contribution in [0.4, 0.5) is 0 Å². The highest BCUT2D eigenvalue weighted by Gasteiger charge is 2.04. The number of thiol groups is 1. The molecule has 0 rings (SSSR count). The van der Waals surface area contributed by atoms with Crippen molar-refractivity contribution in [1.82, 2.24) is 4.72 Å². The Morgan fingerprint density at radius 3 is 2.20 bits per heavy atom. The van der Waals surface area contributed by atoms with Crippen LogP contribution in [0, 0.1) is 0 Å². The van der Waals surface area contributed by atoms with E-state index >= 15 is 0 Å². The van der Waals surface area contributed by atoms with E-state index in [0.29, 0.717) is 0 Å². The lowest BCUT2D eigenvalue weighted by atomic mass is 11.0. The van der Waals surface area contributed by atoms with E-state index in [2.05, 4.69) is 0 Å². The maximum absolute atomic E-state index is 10.5. The van der Waals surface area contributed by atoms with Crippen molar-refractivity contribution in [2.24, 2.45) is 0 Å². The number of sulfonamides is 1. The summed E-state index contributed by atoms with van der Waals surface area (Å²) in [6, 6.07) is 0. The Balaban J connectivity index is 3.93. The lowest BCUT2D eigenvalue weighted by molar-refractivity contribution is 0.583. The zero-order valence-electron chi connectivity index (χ0n) is 5.40. The van der Waals surface area contributed by atoms with Crippen molar-refractivity contribution >= 4 is 20.7 Å². The van der Waals surface area contributed by atoms with Gasteiger partial charge in [0.2, 0.25) is 10.0 Å². The number of nitrogens with one attached hydrogen (secondary N) is 1. The molecule has 10 heavy (non-hydrogen) atoms. The van der Waals surface area contributed by atoms with Gasteiger partial charge >= 0.3 is 0 Å². The van der Waals surface area contributed by atoms with E-state index < -0.39 is 26.6 Å². The molecule has 0 spiro atoms. The Kier molecular flexibility index (Phi) is 3.84. The summed E-state index contributed by atoms with van der Waals surface area (Å²) < 4.78 is 42.7. The summed E-state index contributed by atoms with van der Waals surface area (Å²) in [5.74, 6) is -0.609. The second-order valence-corrected chi connectivity index (χ2v) is 4.62. The zero-order valence-corrected chi connectivity index (χ0v) is 7.11. The fourth-order valence-corrected chi connectivity index (χ4v) is 1.67. The highest BCUT2D eigenvalue weighted by molar-refractivity contribution is 7.90. The molecule has 0 aliphatic carbocycles. The van der Waals surface area contributed by atoms with Gasteiger partial charge in [-0.25, -0.2) is 21.6 Å². The topological polar surface area (TPSA) is 80.3 Å². The fraction of sp³-hybridized carbons (Fsp3) is 1.00. The van der Waals surface area contributed by atoms with Crippen molar-refractivity contribution in [3.8, 4) is 0 Å². The maximum Gasteiger partial charge on any atom is 0.212 e. The van der Waals surface area contributed by atoms with Crippen molar-refractivity contribution < 1.29 is 16.8 Å². The Morgan fingerprint density at radius 1 is 1.40 bits per heavy atom. The van der Waals surface area contributed by atoms with E-state index in [1.165, 1.54) is 6.92 Å². The molecule has 0 unspecified atom stereocenters. The fourth-order valence-electron chi connectivity index (χ4n) is 0.253. The van der Waals surface area contributed by atoms with Crippen LogP contribution in [0.2, 0.25) is 0 Å². The molecule has 1 N–H and O–H groups in total. The molecule has 0 aromatic heterocycles. The van der Waals surface area contributed by atoms with E-state index in [1.807, 2.05) is 4.72 Å². The average Bonchev–Trinajstić information content (AvgIpc) is 1.85. The van der Waals surface area contributed by atoms with E-state index in [9.17, 15) is 16.8 Å². The summed E-state index contributed by atoms with van der Waals surface area (Å²) in [6.07, 6.45) is 0. The Bertz CT molecular complexity index is 244. The van der Waals surface area contributed by atoms with Crippen LogP contribution in [0.1, 0.15) is 6.92 Å². The molecular formula is C3H9NO4S2. The maximum atomic E-state index is 10.5. The van der Waals surface area contributed by atoms with Crippen LogP contribution in [0.3, 0.4) is 0 Å². The molecule has 0 atom stereocenters. The molecule has 0 bridgehead atoms. The minimum Gasteiger partial charge on any atom is -0.231 e. The third-order valence-corrected chi connectivity index (χ3v) is 2.77. The van der Waals surface area contributed by atoms with Crippen molar-refractivity contribution in [3.63, 3.8) is 0 Å². The first-order valence-electron chi connectivity index (χ1n) is 2.57. The van der Waals surface area contributed by atoms with Crippen LogP contribution in [-0.2, 0) is 20.7 Å². The molecule has 62 valence electrons. The van der Waals surface area contributed by atoms with Gasteiger partial charge in [-0.05, 0) is 6.92 Å². The van der Waals surface area contributed by atoms with Crippen molar-refractivity contribution in [3.05, 3.63) is 0 Å². The molecule has 5 nitrogen and oxygen atoms in total. The van der Waals surface area contributed by atoms with E-state index in [-0.39, 0.29) is 5.75 Å². The normalized spacial score (nSPS) is 12.2. The summed E-state index contributed by atoms with van der Waals surface area (Å²) in [6.45, 7) is 1.43. The highest BCUT2D eigenvalue weighted by atomic mass is 32.2. The lowest BCUT2D eigenvalue weighted by Crippen LogP contribution is -2.26. The first kappa shape index (κ1) is 9.86. The van der Waals surface area contributed by atoms with Crippen LogP contribution in [0.15, 0.2) is 0 Å². The Labute approximate surface area is 61.4 Å². The van der Waals surface area contributed by atoms with Crippen LogP contribution in [0.25, 0.3) is 0 Å². The van der Waals surface area contributed by atoms with Gasteiger partial charge in [0.1, 0.15) is 5.88 Å². The van der Waals surface area contributed by atoms with Gasteiger partial charge in [0, 0.05) is 0 Å². The van der Waals surface area contributed by atoms with Crippen molar-refractivity contribution in [2.45, 2.75) is 6.92 Å². The molecular weight excluding hydrogens is 178 g/mol. The van der Waals surface area contributed by atoms with Crippen LogP contribution in [-0.4, -0.2) is 28.5 Å². The number of hydrogen-bond acceptors (Lipinski definition) is 4. The van der Waals surface area contributed by atoms with Gasteiger partial charge < -0.3 is 0 Å². The predicted molar refractivity (Wildman–Crippen MR) is 37.8 cm³/mol. The van der Waals surface area contributed by atoms with Crippen molar-refractivity contribution in [2.75, 3.05) is 11.6 Å². The molecule has 0 heterocycles. The number of hydrogen-bond donors (Lipinski definition) is 2. The quantitative estimate of drug-likeness (QED) is 0.525. The average molecular weight is 187 g/mol. The molecule has 0 amide bonds. The molecule has 0 aromatic rings. The number of rotatable bonds is 4. The Morgan fingerprint density at radius 2 is 1.90 bits per heavy atom. The van der Waals surface area contributed by atoms with Gasteiger partial charge in [0.25, 0.3) is 0 Å². The third-order valence-electron chi connectivity index (χ3n) is 0.794. The van der Waals surface area contributed by atoms with E-state index in [0.717, 1.165) is 0 Å². The summed E-state index contributed by atoms with van der Waals surface area (Å²) in [5.41, 5.74) is 0. The van der Waals surface area contributed by atoms with Crippen LogP contribution >= 0.6 is 0 Å². The summed E-state index contributed by atoms with van der Waals surface area (Å²) in [5, 5.41) is 0. The van der Waals surface area contributed by atoms with E-state index in [1.54, 1.807) is 0 Å². The predicted octanol–water partition coefficient (Wildman–Crippen LogP) is -1.51. The second-order valence-electron chi connectivity index (χ2n) is 1.54. The van der Waals surface area contributed by atoms with Gasteiger partial charge in [-0.3, -0.25) is 0 Å². The highest BCUT2D eigenvalue weighted by Crippen LogP contribution is 1.79. The molecule has 0 saturated heterocycles. The first-order chi connectivity index (χ1) is 4.48. The first-order valence-corrected chi connectivity index (χ1v) is 5.58. The van der Waals surface area contributed by atoms with E-state index in [4.69, 9.17) is 0 Å². The second kappa shape index (κ2) is 3.89. The third kappa shape index (κ3) is 4.71. The minimum atomic E-state index is -3.35. The minimum absolute atomic E-state index is 0.101. The molecule has 0 radical (unpaired) electrons. The monoisotopic (exact) mass is 187 g/mol. The molecule has 0 saturated carbocycles. The zero-order chi connectivity index (χ0) is 8.20. The van der Waals surface area contributed by atoms with Gasteiger partial charge in [0.05, 0.1) is 5.75 Å². The largest absolute Gasteiger partial charge is 0.231 e. The van der Waals surface area contributed by atoms with Crippen molar-refractivity contribution in [1.29, 1.82) is 0 Å². The summed E-state index contributed by atoms with van der Waals surface area (Å²) in [4.78, 5) is 0. The molecule has 0 aliphatic rings. The molecule has 0 fully saturated rings. The smallest absolute Gasteiger partial charge is 0.212 e. The lowest BCUT2D eigenvalue weighted by Gasteiger charge is -1.96. The molecule has 0 aliphatic heterocycles. The SMILES string of the molecule is CCS(=O)(=O)NC[SH](=O)=O. The summed E-state index contributed by atoms with van der Waals surface area (Å²) in [7, 11) is -6.01. The Hall–Kier alpha value is -0.140. The summed E-state index contributed by atoms with van der Waals surface area (Å²) >= 11 is 0. The van der Waals surface area contributed by atoms with Gasteiger partial charge in [-0.2, -0.15) is 0 Å². The standard InChI is InChI=1S/C3H9NO4S2/c1-2-10(7,8)4-3-9(5)6/h4,9H,2-3H2,1H3. The van der Waals surface area contributed by atoms with Gasteiger partial charge in [-0.15, -0.1) is 0 Å². The van der Waals surface area contributed by atoms with Gasteiger partial charge in [-0.1, -0.05) is 0 Å². The molecule has 7 heteroatoms. The molecule has 0 aromatic carbocycles.